The van der Waals surface area contributed by atoms with Crippen LogP contribution in [0.5, 0.6) is 0 Å². The number of hydrogen-bond donors (Lipinski definition) is 0. The molecule has 5 nitrogen and oxygen atoms in total. The number of fused-ring (bicyclic) bond motifs is 1. The number of rotatable bonds is 5. The molecule has 0 aromatic heterocycles. The van der Waals surface area contributed by atoms with Gasteiger partial charge in [0.05, 0.1) is 23.3 Å². The summed E-state index contributed by atoms with van der Waals surface area (Å²) in [4.78, 5) is 26.1. The van der Waals surface area contributed by atoms with Gasteiger partial charge in [0, 0.05) is 30.0 Å². The van der Waals surface area contributed by atoms with Crippen LogP contribution in [0.15, 0.2) is 22.4 Å². The summed E-state index contributed by atoms with van der Waals surface area (Å²) < 4.78 is 10.4. The van der Waals surface area contributed by atoms with Gasteiger partial charge >= 0.3 is 11.9 Å². The first-order valence-electron chi connectivity index (χ1n) is 7.70. The molecule has 1 unspecified atom stereocenters. The second-order valence-corrected chi connectivity index (χ2v) is 6.53. The zero-order chi connectivity index (χ0) is 16.3. The Bertz CT molecular complexity index is 524. The van der Waals surface area contributed by atoms with E-state index < -0.39 is 0 Å². The second-order valence-electron chi connectivity index (χ2n) is 5.57. The molecule has 0 radical (unpaired) electrons. The minimum absolute atomic E-state index is 0.131. The lowest BCUT2D eigenvalue weighted by Gasteiger charge is -2.16. The van der Waals surface area contributed by atoms with E-state index in [2.05, 4.69) is 11.8 Å². The Hall–Kier alpha value is -1.43. The summed E-state index contributed by atoms with van der Waals surface area (Å²) in [5.41, 5.74) is 1.66. The number of nitrogens with zero attached hydrogens (tertiary/aromatic N) is 1. The molecule has 1 saturated heterocycles. The largest absolute Gasteiger partial charge is 0.463 e. The van der Waals surface area contributed by atoms with Crippen LogP contribution in [0.2, 0.25) is 0 Å². The van der Waals surface area contributed by atoms with Gasteiger partial charge in [0.2, 0.25) is 0 Å². The molecule has 0 aliphatic carbocycles. The third kappa shape index (κ3) is 3.48. The summed E-state index contributed by atoms with van der Waals surface area (Å²) in [7, 11) is 0. The second kappa shape index (κ2) is 7.22. The predicted octanol–water partition coefficient (Wildman–Crippen LogP) is 2.69. The normalized spacial score (nSPS) is 22.5. The van der Waals surface area contributed by atoms with E-state index in [1.54, 1.807) is 18.7 Å². The molecule has 22 heavy (non-hydrogen) atoms. The molecular formula is C16H23NO4S. The zero-order valence-electron chi connectivity index (χ0n) is 13.5. The van der Waals surface area contributed by atoms with E-state index in [1.807, 2.05) is 13.8 Å². The average Bonchev–Trinajstić information content (AvgIpc) is 2.97. The van der Waals surface area contributed by atoms with Crippen LogP contribution >= 0.6 is 11.8 Å². The SMILES string of the molecule is CCOC(=O)C=C1CSC2=C(C(=O)OC(C)C)C(CC)CN12. The van der Waals surface area contributed by atoms with Gasteiger partial charge in [-0.15, -0.1) is 11.8 Å². The van der Waals surface area contributed by atoms with Crippen LogP contribution in [0, 0.1) is 5.92 Å². The maximum absolute atomic E-state index is 12.4. The summed E-state index contributed by atoms with van der Waals surface area (Å²) in [6, 6.07) is 0. The molecule has 122 valence electrons. The number of esters is 2. The molecule has 0 amide bonds. The molecule has 2 rings (SSSR count). The quantitative estimate of drug-likeness (QED) is 0.572. The Balaban J connectivity index is 2.24. The van der Waals surface area contributed by atoms with E-state index in [0.29, 0.717) is 12.4 Å². The highest BCUT2D eigenvalue weighted by Crippen LogP contribution is 2.46. The third-order valence-electron chi connectivity index (χ3n) is 3.62. The number of thioether (sulfide) groups is 1. The fraction of sp³-hybridized carbons (Fsp3) is 0.625. The highest BCUT2D eigenvalue weighted by Gasteiger charge is 2.40. The Labute approximate surface area is 135 Å². The summed E-state index contributed by atoms with van der Waals surface area (Å²) in [6.07, 6.45) is 2.27. The number of carbonyl (C=O) groups is 2. The molecule has 0 aromatic rings. The molecule has 0 saturated carbocycles. The Morgan fingerprint density at radius 3 is 2.73 bits per heavy atom. The fourth-order valence-corrected chi connectivity index (χ4v) is 3.92. The molecule has 1 fully saturated rings. The summed E-state index contributed by atoms with van der Waals surface area (Å²) in [5, 5.41) is 0.938. The smallest absolute Gasteiger partial charge is 0.337 e. The molecule has 0 spiro atoms. The van der Waals surface area contributed by atoms with Gasteiger partial charge in [0.1, 0.15) is 0 Å². The van der Waals surface area contributed by atoms with Gasteiger partial charge in [-0.3, -0.25) is 0 Å². The molecule has 2 heterocycles. The van der Waals surface area contributed by atoms with Crippen molar-refractivity contribution < 1.29 is 19.1 Å². The minimum atomic E-state index is -0.328. The van der Waals surface area contributed by atoms with Crippen LogP contribution < -0.4 is 0 Å². The first-order valence-corrected chi connectivity index (χ1v) is 8.69. The fourth-order valence-electron chi connectivity index (χ4n) is 2.64. The summed E-state index contributed by atoms with van der Waals surface area (Å²) in [5.74, 6) is 0.276. The molecule has 6 heteroatoms. The molecular weight excluding hydrogens is 302 g/mol. The first-order chi connectivity index (χ1) is 10.5. The summed E-state index contributed by atoms with van der Waals surface area (Å²) >= 11 is 1.59. The van der Waals surface area contributed by atoms with Crippen molar-refractivity contribution in [1.82, 2.24) is 4.90 Å². The zero-order valence-corrected chi connectivity index (χ0v) is 14.4. The third-order valence-corrected chi connectivity index (χ3v) is 4.77. The Morgan fingerprint density at radius 2 is 2.14 bits per heavy atom. The maximum atomic E-state index is 12.4. The van der Waals surface area contributed by atoms with E-state index >= 15 is 0 Å². The molecule has 0 N–H and O–H groups in total. The van der Waals surface area contributed by atoms with Crippen molar-refractivity contribution >= 4 is 23.7 Å². The van der Waals surface area contributed by atoms with Crippen LogP contribution in [0.25, 0.3) is 0 Å². The van der Waals surface area contributed by atoms with Crippen molar-refractivity contribution in [3.05, 3.63) is 22.4 Å². The monoisotopic (exact) mass is 325 g/mol. The highest BCUT2D eigenvalue weighted by molar-refractivity contribution is 8.03. The maximum Gasteiger partial charge on any atom is 0.337 e. The molecule has 2 aliphatic rings. The number of ether oxygens (including phenoxy) is 2. The van der Waals surface area contributed by atoms with Crippen molar-refractivity contribution in [2.24, 2.45) is 5.92 Å². The standard InChI is InChI=1S/C16H23NO4S/c1-5-11-8-17-12(7-13(18)20-6-2)9-22-15(17)14(11)16(19)21-10(3)4/h7,10-11H,5-6,8-9H2,1-4H3. The first kappa shape index (κ1) is 16.9. The highest BCUT2D eigenvalue weighted by atomic mass is 32.2. The summed E-state index contributed by atoms with van der Waals surface area (Å²) in [6.45, 7) is 8.65. The van der Waals surface area contributed by atoms with Crippen molar-refractivity contribution in [3.8, 4) is 0 Å². The average molecular weight is 325 g/mol. The van der Waals surface area contributed by atoms with Crippen molar-refractivity contribution in [2.75, 3.05) is 18.9 Å². The Kier molecular flexibility index (Phi) is 5.56. The lowest BCUT2D eigenvalue weighted by molar-refractivity contribution is -0.143. The lowest BCUT2D eigenvalue weighted by Crippen LogP contribution is -2.20. The van der Waals surface area contributed by atoms with Gasteiger partial charge in [-0.2, -0.15) is 0 Å². The number of carbonyl (C=O) groups excluding carboxylic acids is 2. The van der Waals surface area contributed by atoms with E-state index in [9.17, 15) is 9.59 Å². The van der Waals surface area contributed by atoms with E-state index in [4.69, 9.17) is 9.47 Å². The van der Waals surface area contributed by atoms with Crippen molar-refractivity contribution in [2.45, 2.75) is 40.2 Å². The molecule has 2 aliphatic heterocycles. The Morgan fingerprint density at radius 1 is 1.41 bits per heavy atom. The van der Waals surface area contributed by atoms with Crippen LogP contribution in [0.1, 0.15) is 34.1 Å². The predicted molar refractivity (Wildman–Crippen MR) is 85.9 cm³/mol. The lowest BCUT2D eigenvalue weighted by atomic mass is 10.00. The van der Waals surface area contributed by atoms with E-state index in [-0.39, 0.29) is 24.0 Å². The van der Waals surface area contributed by atoms with Gasteiger partial charge < -0.3 is 14.4 Å². The topological polar surface area (TPSA) is 55.8 Å². The van der Waals surface area contributed by atoms with E-state index in [0.717, 1.165) is 29.3 Å². The molecule has 1 atom stereocenters. The van der Waals surface area contributed by atoms with Crippen molar-refractivity contribution in [1.29, 1.82) is 0 Å². The van der Waals surface area contributed by atoms with Gasteiger partial charge in [-0.1, -0.05) is 6.92 Å². The minimum Gasteiger partial charge on any atom is -0.463 e. The van der Waals surface area contributed by atoms with Gasteiger partial charge in [0.25, 0.3) is 0 Å². The number of hydrogen-bond acceptors (Lipinski definition) is 6. The molecule has 0 bridgehead atoms. The van der Waals surface area contributed by atoms with Gasteiger partial charge in [0.15, 0.2) is 0 Å². The van der Waals surface area contributed by atoms with Crippen LogP contribution in [0.4, 0.5) is 0 Å². The van der Waals surface area contributed by atoms with Crippen LogP contribution in [-0.4, -0.2) is 41.8 Å². The molecule has 0 aromatic carbocycles. The van der Waals surface area contributed by atoms with Crippen LogP contribution in [-0.2, 0) is 19.1 Å². The van der Waals surface area contributed by atoms with E-state index in [1.165, 1.54) is 6.08 Å². The van der Waals surface area contributed by atoms with Crippen molar-refractivity contribution in [3.63, 3.8) is 0 Å². The van der Waals surface area contributed by atoms with Gasteiger partial charge in [-0.25, -0.2) is 9.59 Å². The van der Waals surface area contributed by atoms with Gasteiger partial charge in [-0.05, 0) is 27.2 Å². The van der Waals surface area contributed by atoms with Crippen LogP contribution in [0.3, 0.4) is 0 Å².